The van der Waals surface area contributed by atoms with E-state index in [1.807, 2.05) is 9.95 Å². The fourth-order valence-electron chi connectivity index (χ4n) is 3.43. The van der Waals surface area contributed by atoms with Crippen molar-refractivity contribution in [3.8, 4) is 34.3 Å². The van der Waals surface area contributed by atoms with Crippen molar-refractivity contribution >= 4 is 17.4 Å². The standard InChI is InChI=1S/C20H13FN6OS/c21-14-1-2-15-12(3-14)8-28-17-4-11(6-24-20(17)23)19-16(5-22)25-10-27(19)7-13-9-29-26-18(13)15/h1-4,6,9-10H,7-8H2,(H2,23,24). The van der Waals surface area contributed by atoms with Crippen molar-refractivity contribution in [2.75, 3.05) is 5.73 Å². The number of ether oxygens (including phenoxy) is 1. The van der Waals surface area contributed by atoms with Crippen molar-refractivity contribution in [2.24, 2.45) is 0 Å². The van der Waals surface area contributed by atoms with E-state index in [2.05, 4.69) is 20.4 Å². The van der Waals surface area contributed by atoms with Crippen LogP contribution in [0.4, 0.5) is 10.2 Å². The average molecular weight is 404 g/mol. The Labute approximate surface area is 169 Å². The summed E-state index contributed by atoms with van der Waals surface area (Å²) in [6.45, 7) is 0.553. The van der Waals surface area contributed by atoms with E-state index in [1.54, 1.807) is 24.7 Å². The highest BCUT2D eigenvalue weighted by molar-refractivity contribution is 7.04. The van der Waals surface area contributed by atoms with Gasteiger partial charge in [-0.2, -0.15) is 9.64 Å². The van der Waals surface area contributed by atoms with Crippen LogP contribution in [0.5, 0.6) is 5.75 Å². The van der Waals surface area contributed by atoms with Gasteiger partial charge in [0, 0.05) is 33.8 Å². The summed E-state index contributed by atoms with van der Waals surface area (Å²) in [4.78, 5) is 8.44. The number of nitrogen functional groups attached to an aromatic ring is 1. The third-order valence-corrected chi connectivity index (χ3v) is 5.47. The zero-order valence-electron chi connectivity index (χ0n) is 15.0. The molecule has 29 heavy (non-hydrogen) atoms. The minimum Gasteiger partial charge on any atom is -0.485 e. The molecule has 142 valence electrons. The number of hydrogen-bond donors (Lipinski definition) is 1. The summed E-state index contributed by atoms with van der Waals surface area (Å²) < 4.78 is 26.2. The fraction of sp³-hybridized carbons (Fsp3) is 0.100. The molecule has 7 nitrogen and oxygen atoms in total. The minimum atomic E-state index is -0.355. The number of rotatable bonds is 0. The van der Waals surface area contributed by atoms with E-state index in [-0.39, 0.29) is 23.9 Å². The second-order valence-corrected chi connectivity index (χ2v) is 7.20. The van der Waals surface area contributed by atoms with E-state index in [0.717, 1.165) is 16.8 Å². The maximum Gasteiger partial charge on any atom is 0.166 e. The van der Waals surface area contributed by atoms with E-state index in [9.17, 15) is 9.65 Å². The number of hydrogen-bond acceptors (Lipinski definition) is 7. The van der Waals surface area contributed by atoms with Crippen LogP contribution < -0.4 is 10.5 Å². The topological polar surface area (TPSA) is 103 Å². The predicted molar refractivity (Wildman–Crippen MR) is 106 cm³/mol. The van der Waals surface area contributed by atoms with Crippen LogP contribution in [0, 0.1) is 17.1 Å². The van der Waals surface area contributed by atoms with Crippen molar-refractivity contribution < 1.29 is 9.13 Å². The maximum absolute atomic E-state index is 13.9. The van der Waals surface area contributed by atoms with Crippen LogP contribution >= 0.6 is 11.5 Å². The molecular weight excluding hydrogens is 391 g/mol. The number of imidazole rings is 1. The summed E-state index contributed by atoms with van der Waals surface area (Å²) in [5.74, 6) is 0.211. The van der Waals surface area contributed by atoms with Gasteiger partial charge in [0.05, 0.1) is 24.3 Å². The van der Waals surface area contributed by atoms with Gasteiger partial charge in [0.2, 0.25) is 0 Å². The predicted octanol–water partition coefficient (Wildman–Crippen LogP) is 3.60. The highest BCUT2D eigenvalue weighted by atomic mass is 32.1. The largest absolute Gasteiger partial charge is 0.485 e. The fourth-order valence-corrected chi connectivity index (χ4v) is 4.12. The van der Waals surface area contributed by atoms with Gasteiger partial charge in [0.15, 0.2) is 17.3 Å². The second kappa shape index (κ2) is 6.68. The molecule has 3 aromatic heterocycles. The van der Waals surface area contributed by atoms with Gasteiger partial charge in [-0.3, -0.25) is 0 Å². The van der Waals surface area contributed by atoms with Gasteiger partial charge in [-0.15, -0.1) is 0 Å². The number of aromatic nitrogens is 4. The molecule has 0 amide bonds. The first-order valence-electron chi connectivity index (χ1n) is 8.70. The Balaban J connectivity index is 1.77. The second-order valence-electron chi connectivity index (χ2n) is 6.57. The lowest BCUT2D eigenvalue weighted by Crippen LogP contribution is -2.07. The number of anilines is 1. The van der Waals surface area contributed by atoms with E-state index in [1.165, 1.54) is 23.7 Å². The highest BCUT2D eigenvalue weighted by Crippen LogP contribution is 2.34. The van der Waals surface area contributed by atoms with E-state index >= 15 is 0 Å². The normalized spacial score (nSPS) is 12.4. The van der Waals surface area contributed by atoms with Crippen molar-refractivity contribution in [3.63, 3.8) is 0 Å². The molecule has 9 heteroatoms. The summed E-state index contributed by atoms with van der Waals surface area (Å²) in [6.07, 6.45) is 3.20. The SMILES string of the molecule is N#Cc1ncn2c1-c1cnc(N)c(c1)OCc1cc(F)ccc1-c1nscc1C2. The lowest BCUT2D eigenvalue weighted by atomic mass is 10.0. The molecule has 0 fully saturated rings. The molecule has 0 aliphatic carbocycles. The number of fused-ring (bicyclic) bond motifs is 7. The Hall–Kier alpha value is -3.77. The van der Waals surface area contributed by atoms with Gasteiger partial charge in [0.25, 0.3) is 0 Å². The van der Waals surface area contributed by atoms with Crippen LogP contribution in [0.3, 0.4) is 0 Å². The van der Waals surface area contributed by atoms with Gasteiger partial charge in [-0.05, 0) is 35.8 Å². The van der Waals surface area contributed by atoms with E-state index < -0.39 is 0 Å². The van der Waals surface area contributed by atoms with Crippen LogP contribution in [0.15, 0.2) is 42.2 Å². The Morgan fingerprint density at radius 2 is 2.14 bits per heavy atom. The number of nitrogens with zero attached hydrogens (tertiary/aromatic N) is 5. The van der Waals surface area contributed by atoms with E-state index in [4.69, 9.17) is 10.5 Å². The average Bonchev–Trinajstić information content (AvgIpc) is 3.34. The smallest absolute Gasteiger partial charge is 0.166 e. The molecular formula is C20H13FN6OS. The summed E-state index contributed by atoms with van der Waals surface area (Å²) in [5.41, 5.74) is 10.7. The van der Waals surface area contributed by atoms with Crippen LogP contribution in [0.1, 0.15) is 16.8 Å². The number of nitriles is 1. The molecule has 4 heterocycles. The first-order valence-corrected chi connectivity index (χ1v) is 9.53. The molecule has 0 spiro atoms. The van der Waals surface area contributed by atoms with E-state index in [0.29, 0.717) is 29.1 Å². The number of benzene rings is 1. The van der Waals surface area contributed by atoms with Gasteiger partial charge in [-0.1, -0.05) is 0 Å². The van der Waals surface area contributed by atoms with Gasteiger partial charge >= 0.3 is 0 Å². The molecule has 0 saturated heterocycles. The maximum atomic E-state index is 13.9. The molecule has 5 rings (SSSR count). The van der Waals surface area contributed by atoms with Crippen molar-refractivity contribution in [1.29, 1.82) is 5.26 Å². The van der Waals surface area contributed by atoms with Crippen molar-refractivity contribution in [3.05, 3.63) is 64.8 Å². The quantitative estimate of drug-likeness (QED) is 0.480. The van der Waals surface area contributed by atoms with Crippen LogP contribution in [0.25, 0.3) is 22.5 Å². The van der Waals surface area contributed by atoms with Crippen LogP contribution in [0.2, 0.25) is 0 Å². The molecule has 0 atom stereocenters. The molecule has 2 N–H and O–H groups in total. The van der Waals surface area contributed by atoms with Gasteiger partial charge < -0.3 is 15.0 Å². The lowest BCUT2D eigenvalue weighted by molar-refractivity contribution is 0.307. The molecule has 1 aliphatic heterocycles. The summed E-state index contributed by atoms with van der Waals surface area (Å²) >= 11 is 1.32. The highest BCUT2D eigenvalue weighted by Gasteiger charge is 2.21. The number of nitrogens with two attached hydrogens (primary N) is 1. The van der Waals surface area contributed by atoms with Crippen molar-refractivity contribution in [2.45, 2.75) is 13.2 Å². The first kappa shape index (κ1) is 17.3. The third kappa shape index (κ3) is 2.90. The zero-order valence-corrected chi connectivity index (χ0v) is 15.8. The summed E-state index contributed by atoms with van der Waals surface area (Å²) in [5, 5.41) is 11.5. The molecule has 0 unspecified atom stereocenters. The molecule has 4 aromatic rings. The summed E-state index contributed by atoms with van der Waals surface area (Å²) in [7, 11) is 0. The lowest BCUT2D eigenvalue weighted by Gasteiger charge is -2.16. The number of pyridine rings is 1. The zero-order chi connectivity index (χ0) is 20.0. The van der Waals surface area contributed by atoms with Gasteiger partial charge in [-0.25, -0.2) is 14.4 Å². The number of halogens is 1. The van der Waals surface area contributed by atoms with Gasteiger partial charge in [0.1, 0.15) is 18.5 Å². The van der Waals surface area contributed by atoms with Crippen LogP contribution in [-0.4, -0.2) is 18.9 Å². The Morgan fingerprint density at radius 3 is 3.00 bits per heavy atom. The molecule has 0 radical (unpaired) electrons. The van der Waals surface area contributed by atoms with Crippen LogP contribution in [-0.2, 0) is 13.2 Å². The summed E-state index contributed by atoms with van der Waals surface area (Å²) in [6, 6.07) is 8.39. The minimum absolute atomic E-state index is 0.101. The third-order valence-electron chi connectivity index (χ3n) is 4.79. The Morgan fingerprint density at radius 1 is 1.24 bits per heavy atom. The van der Waals surface area contributed by atoms with Crippen molar-refractivity contribution in [1.82, 2.24) is 18.9 Å². The molecule has 2 bridgehead atoms. The first-order chi connectivity index (χ1) is 14.1. The Bertz CT molecular complexity index is 1290. The molecule has 0 saturated carbocycles. The molecule has 1 aromatic carbocycles. The molecule has 1 aliphatic rings. The Kier molecular flexibility index (Phi) is 4.00. The monoisotopic (exact) mass is 404 g/mol.